The zero-order valence-electron chi connectivity index (χ0n) is 10.3. The van der Waals surface area contributed by atoms with Gasteiger partial charge in [-0.05, 0) is 49.5 Å². The van der Waals surface area contributed by atoms with Crippen LogP contribution in [0.15, 0.2) is 22.7 Å². The number of hydrogen-bond acceptors (Lipinski definition) is 1. The van der Waals surface area contributed by atoms with Gasteiger partial charge in [0.25, 0.3) is 0 Å². The van der Waals surface area contributed by atoms with E-state index >= 15 is 0 Å². The van der Waals surface area contributed by atoms with E-state index in [2.05, 4.69) is 27.8 Å². The van der Waals surface area contributed by atoms with Crippen LogP contribution in [0.3, 0.4) is 0 Å². The third-order valence-corrected chi connectivity index (χ3v) is 4.43. The van der Waals surface area contributed by atoms with E-state index in [0.717, 1.165) is 16.9 Å². The molecule has 1 aliphatic rings. The molecule has 1 saturated heterocycles. The van der Waals surface area contributed by atoms with Gasteiger partial charge in [-0.25, -0.2) is 4.39 Å². The van der Waals surface area contributed by atoms with Crippen molar-refractivity contribution in [2.45, 2.75) is 32.7 Å². The van der Waals surface area contributed by atoms with E-state index in [4.69, 9.17) is 0 Å². The maximum atomic E-state index is 13.0. The van der Waals surface area contributed by atoms with Crippen LogP contribution < -0.4 is 0 Å². The van der Waals surface area contributed by atoms with E-state index in [1.165, 1.54) is 37.9 Å². The first-order valence-corrected chi connectivity index (χ1v) is 7.14. The number of piperidine rings is 1. The van der Waals surface area contributed by atoms with Gasteiger partial charge in [-0.3, -0.25) is 4.90 Å². The average Bonchev–Trinajstić information content (AvgIpc) is 2.34. The minimum Gasteiger partial charge on any atom is -0.299 e. The molecule has 2 rings (SSSR count). The smallest absolute Gasteiger partial charge is 0.124 e. The van der Waals surface area contributed by atoms with Gasteiger partial charge in [-0.15, -0.1) is 0 Å². The van der Waals surface area contributed by atoms with Gasteiger partial charge in [-0.2, -0.15) is 0 Å². The normalized spacial score (nSPS) is 18.5. The Morgan fingerprint density at radius 1 is 1.35 bits per heavy atom. The minimum atomic E-state index is -0.176. The Labute approximate surface area is 111 Å². The quantitative estimate of drug-likeness (QED) is 0.808. The molecule has 0 unspecified atom stereocenters. The lowest BCUT2D eigenvalue weighted by Crippen LogP contribution is -2.33. The number of rotatable bonds is 3. The predicted molar refractivity (Wildman–Crippen MR) is 72.4 cm³/mol. The Morgan fingerprint density at radius 3 is 2.65 bits per heavy atom. The predicted octanol–water partition coefficient (Wildman–Crippen LogP) is 4.21. The lowest BCUT2D eigenvalue weighted by Gasteiger charge is -2.31. The molecule has 0 atom stereocenters. The summed E-state index contributed by atoms with van der Waals surface area (Å²) in [4.78, 5) is 2.46. The summed E-state index contributed by atoms with van der Waals surface area (Å²) in [6.45, 7) is 5.54. The van der Waals surface area contributed by atoms with Crippen LogP contribution in [0.1, 0.15) is 31.7 Å². The molecule has 0 aliphatic carbocycles. The van der Waals surface area contributed by atoms with Gasteiger partial charge >= 0.3 is 0 Å². The molecule has 0 N–H and O–H groups in total. The van der Waals surface area contributed by atoms with Crippen molar-refractivity contribution in [1.29, 1.82) is 0 Å². The van der Waals surface area contributed by atoms with Crippen LogP contribution in [0.5, 0.6) is 0 Å². The highest BCUT2D eigenvalue weighted by Gasteiger charge is 2.18. The molecule has 94 valence electrons. The van der Waals surface area contributed by atoms with Crippen molar-refractivity contribution in [3.8, 4) is 0 Å². The van der Waals surface area contributed by atoms with Crippen molar-refractivity contribution in [3.05, 3.63) is 34.1 Å². The molecule has 1 aliphatic heterocycles. The van der Waals surface area contributed by atoms with Gasteiger partial charge in [0.05, 0.1) is 0 Å². The fraction of sp³-hybridized carbons (Fsp3) is 0.571. The number of nitrogens with zero attached hydrogens (tertiary/aromatic N) is 1. The van der Waals surface area contributed by atoms with E-state index in [1.807, 2.05) is 6.07 Å². The van der Waals surface area contributed by atoms with Crippen LogP contribution in [0.4, 0.5) is 4.39 Å². The Morgan fingerprint density at radius 2 is 2.06 bits per heavy atom. The monoisotopic (exact) mass is 299 g/mol. The summed E-state index contributed by atoms with van der Waals surface area (Å²) < 4.78 is 13.9. The standard InChI is InChI=1S/C14H19BrFN/c1-2-11-5-7-17(8-6-11)10-12-3-4-13(16)9-14(12)15/h3-4,9,11H,2,5-8,10H2,1H3. The molecule has 0 radical (unpaired) electrons. The number of benzene rings is 1. The second-order valence-corrected chi connectivity index (χ2v) is 5.72. The summed E-state index contributed by atoms with van der Waals surface area (Å²) >= 11 is 3.43. The topological polar surface area (TPSA) is 3.24 Å². The van der Waals surface area contributed by atoms with Gasteiger partial charge < -0.3 is 0 Å². The second-order valence-electron chi connectivity index (χ2n) is 4.86. The molecule has 17 heavy (non-hydrogen) atoms. The third-order valence-electron chi connectivity index (χ3n) is 3.69. The van der Waals surface area contributed by atoms with Gasteiger partial charge in [0, 0.05) is 11.0 Å². The zero-order chi connectivity index (χ0) is 12.3. The summed E-state index contributed by atoms with van der Waals surface area (Å²) in [7, 11) is 0. The molecular formula is C14H19BrFN. The highest BCUT2D eigenvalue weighted by molar-refractivity contribution is 9.10. The van der Waals surface area contributed by atoms with Crippen LogP contribution in [-0.2, 0) is 6.54 Å². The molecule has 1 fully saturated rings. The molecular weight excluding hydrogens is 281 g/mol. The molecule has 0 aromatic heterocycles. The third kappa shape index (κ3) is 3.52. The fourth-order valence-electron chi connectivity index (χ4n) is 2.44. The van der Waals surface area contributed by atoms with E-state index in [9.17, 15) is 4.39 Å². The molecule has 0 saturated carbocycles. The zero-order valence-corrected chi connectivity index (χ0v) is 11.8. The first kappa shape index (κ1) is 13.0. The summed E-state index contributed by atoms with van der Waals surface area (Å²) in [5, 5.41) is 0. The average molecular weight is 300 g/mol. The van der Waals surface area contributed by atoms with Crippen molar-refractivity contribution < 1.29 is 4.39 Å². The number of likely N-dealkylation sites (tertiary alicyclic amines) is 1. The Kier molecular flexibility index (Phi) is 4.57. The summed E-state index contributed by atoms with van der Waals surface area (Å²) in [6.07, 6.45) is 3.90. The molecule has 1 aromatic rings. The summed E-state index contributed by atoms with van der Waals surface area (Å²) in [5.41, 5.74) is 1.18. The van der Waals surface area contributed by atoms with Crippen LogP contribution in [-0.4, -0.2) is 18.0 Å². The van der Waals surface area contributed by atoms with Crippen LogP contribution in [0.2, 0.25) is 0 Å². The van der Waals surface area contributed by atoms with E-state index in [-0.39, 0.29) is 5.82 Å². The lowest BCUT2D eigenvalue weighted by molar-refractivity contribution is 0.174. The SMILES string of the molecule is CCC1CCN(Cc2ccc(F)cc2Br)CC1. The molecule has 0 spiro atoms. The molecule has 0 bridgehead atoms. The molecule has 1 nitrogen and oxygen atoms in total. The first-order chi connectivity index (χ1) is 8.19. The maximum absolute atomic E-state index is 13.0. The number of hydrogen-bond donors (Lipinski definition) is 0. The Balaban J connectivity index is 1.93. The van der Waals surface area contributed by atoms with E-state index in [1.54, 1.807) is 12.1 Å². The van der Waals surface area contributed by atoms with Crippen LogP contribution in [0, 0.1) is 11.7 Å². The van der Waals surface area contributed by atoms with Crippen molar-refractivity contribution in [2.75, 3.05) is 13.1 Å². The van der Waals surface area contributed by atoms with Gasteiger partial charge in [-0.1, -0.05) is 35.3 Å². The largest absolute Gasteiger partial charge is 0.299 e. The number of halogens is 2. The molecule has 1 aromatic carbocycles. The molecule has 3 heteroatoms. The van der Waals surface area contributed by atoms with Gasteiger partial charge in [0.2, 0.25) is 0 Å². The Bertz CT molecular complexity index is 372. The van der Waals surface area contributed by atoms with Crippen molar-refractivity contribution in [2.24, 2.45) is 5.92 Å². The summed E-state index contributed by atoms with van der Waals surface area (Å²) in [5.74, 6) is 0.730. The minimum absolute atomic E-state index is 0.176. The van der Waals surface area contributed by atoms with Crippen LogP contribution in [0.25, 0.3) is 0 Å². The van der Waals surface area contributed by atoms with Crippen molar-refractivity contribution in [3.63, 3.8) is 0 Å². The van der Waals surface area contributed by atoms with E-state index < -0.39 is 0 Å². The maximum Gasteiger partial charge on any atom is 0.124 e. The van der Waals surface area contributed by atoms with Crippen LogP contribution >= 0.6 is 15.9 Å². The fourth-order valence-corrected chi connectivity index (χ4v) is 2.92. The first-order valence-electron chi connectivity index (χ1n) is 6.35. The second kappa shape index (κ2) is 5.96. The lowest BCUT2D eigenvalue weighted by atomic mass is 9.94. The molecule has 0 amide bonds. The highest BCUT2D eigenvalue weighted by atomic mass is 79.9. The summed E-state index contributed by atoms with van der Waals surface area (Å²) in [6, 6.07) is 4.97. The molecule has 1 heterocycles. The van der Waals surface area contributed by atoms with Gasteiger partial charge in [0.1, 0.15) is 5.82 Å². The Hall–Kier alpha value is -0.410. The highest BCUT2D eigenvalue weighted by Crippen LogP contribution is 2.24. The van der Waals surface area contributed by atoms with E-state index in [0.29, 0.717) is 0 Å². The van der Waals surface area contributed by atoms with Crippen molar-refractivity contribution >= 4 is 15.9 Å². The van der Waals surface area contributed by atoms with Gasteiger partial charge in [0.15, 0.2) is 0 Å². The van der Waals surface area contributed by atoms with Crippen molar-refractivity contribution in [1.82, 2.24) is 4.90 Å².